The van der Waals surface area contributed by atoms with Crippen LogP contribution in [0.5, 0.6) is 0 Å². The average Bonchev–Trinajstić information content (AvgIpc) is 2.04. The largest absolute Gasteiger partial charge is 0.387 e. The van der Waals surface area contributed by atoms with Crippen LogP contribution in [0.25, 0.3) is 0 Å². The van der Waals surface area contributed by atoms with Crippen molar-refractivity contribution in [2.75, 3.05) is 32.7 Å². The normalized spacial score (nSPS) is 18.6. The van der Waals surface area contributed by atoms with Gasteiger partial charge in [-0.15, -0.1) is 0 Å². The maximum atomic E-state index is 10.7. The standard InChI is InChI=1S/C7H15N5O/c8-6(9)5-11-1-3-12(4-2-11)7(10)13/h1-5H2,(H3,8,9)(H2,10,13). The molecule has 0 unspecified atom stereocenters. The molecule has 0 aliphatic carbocycles. The lowest BCUT2D eigenvalue weighted by Crippen LogP contribution is -2.51. The Balaban J connectivity index is 2.30. The molecule has 1 aliphatic rings. The third-order valence-electron chi connectivity index (χ3n) is 2.08. The van der Waals surface area contributed by atoms with Crippen LogP contribution in [0, 0.1) is 5.41 Å². The van der Waals surface area contributed by atoms with Crippen molar-refractivity contribution in [2.24, 2.45) is 11.5 Å². The third kappa shape index (κ3) is 2.90. The van der Waals surface area contributed by atoms with Gasteiger partial charge in [0.25, 0.3) is 0 Å². The Hall–Kier alpha value is -1.30. The Morgan fingerprint density at radius 1 is 1.23 bits per heavy atom. The van der Waals surface area contributed by atoms with E-state index < -0.39 is 0 Å². The number of primary amides is 1. The van der Waals surface area contributed by atoms with Crippen LogP contribution in [-0.4, -0.2) is 54.4 Å². The number of carbonyl (C=O) groups is 1. The van der Waals surface area contributed by atoms with Crippen LogP contribution >= 0.6 is 0 Å². The lowest BCUT2D eigenvalue weighted by molar-refractivity contribution is 0.155. The number of urea groups is 1. The van der Waals surface area contributed by atoms with Crippen molar-refractivity contribution in [2.45, 2.75) is 0 Å². The number of nitrogens with zero attached hydrogens (tertiary/aromatic N) is 2. The fraction of sp³-hybridized carbons (Fsp3) is 0.714. The zero-order chi connectivity index (χ0) is 9.84. The number of amidine groups is 1. The van der Waals surface area contributed by atoms with Gasteiger partial charge in [0, 0.05) is 26.2 Å². The summed E-state index contributed by atoms with van der Waals surface area (Å²) in [4.78, 5) is 14.4. The maximum absolute atomic E-state index is 10.7. The lowest BCUT2D eigenvalue weighted by atomic mass is 10.3. The summed E-state index contributed by atoms with van der Waals surface area (Å²) in [6.07, 6.45) is 0. The van der Waals surface area contributed by atoms with Crippen molar-refractivity contribution in [3.63, 3.8) is 0 Å². The second kappa shape index (κ2) is 4.08. The van der Waals surface area contributed by atoms with Crippen LogP contribution in [0.3, 0.4) is 0 Å². The van der Waals surface area contributed by atoms with Crippen LogP contribution in [0.1, 0.15) is 0 Å². The number of hydrogen-bond donors (Lipinski definition) is 3. The predicted molar refractivity (Wildman–Crippen MR) is 49.5 cm³/mol. The molecule has 0 aromatic carbocycles. The van der Waals surface area contributed by atoms with Crippen LogP contribution in [0.2, 0.25) is 0 Å². The van der Waals surface area contributed by atoms with Gasteiger partial charge in [0.15, 0.2) is 0 Å². The predicted octanol–water partition coefficient (Wildman–Crippen LogP) is -1.38. The first-order chi connectivity index (χ1) is 6.09. The Morgan fingerprint density at radius 2 is 1.77 bits per heavy atom. The van der Waals surface area contributed by atoms with Crippen molar-refractivity contribution in [1.29, 1.82) is 5.41 Å². The number of hydrogen-bond acceptors (Lipinski definition) is 3. The van der Waals surface area contributed by atoms with Gasteiger partial charge in [-0.1, -0.05) is 0 Å². The van der Waals surface area contributed by atoms with E-state index >= 15 is 0 Å². The summed E-state index contributed by atoms with van der Waals surface area (Å²) in [5, 5.41) is 7.10. The molecule has 1 heterocycles. The van der Waals surface area contributed by atoms with E-state index in [1.807, 2.05) is 4.90 Å². The third-order valence-corrected chi connectivity index (χ3v) is 2.08. The highest BCUT2D eigenvalue weighted by atomic mass is 16.2. The minimum atomic E-state index is -0.373. The van der Waals surface area contributed by atoms with E-state index in [0.717, 1.165) is 13.1 Å². The summed E-state index contributed by atoms with van der Waals surface area (Å²) in [5.41, 5.74) is 10.4. The number of rotatable bonds is 2. The van der Waals surface area contributed by atoms with Crippen molar-refractivity contribution >= 4 is 11.9 Å². The molecule has 1 fully saturated rings. The first kappa shape index (κ1) is 9.79. The molecule has 2 amide bonds. The van der Waals surface area contributed by atoms with Crippen molar-refractivity contribution in [3.8, 4) is 0 Å². The molecule has 0 spiro atoms. The number of nitrogens with one attached hydrogen (secondary N) is 1. The summed E-state index contributed by atoms with van der Waals surface area (Å²) >= 11 is 0. The Bertz CT molecular complexity index is 209. The zero-order valence-electron chi connectivity index (χ0n) is 7.49. The molecule has 0 radical (unpaired) electrons. The van der Waals surface area contributed by atoms with Crippen LogP contribution in [0.15, 0.2) is 0 Å². The molecule has 1 rings (SSSR count). The Labute approximate surface area is 77.0 Å². The van der Waals surface area contributed by atoms with Gasteiger partial charge in [-0.2, -0.15) is 0 Å². The minimum Gasteiger partial charge on any atom is -0.387 e. The fourth-order valence-corrected chi connectivity index (χ4v) is 1.37. The van der Waals surface area contributed by atoms with Gasteiger partial charge in [0.2, 0.25) is 0 Å². The monoisotopic (exact) mass is 185 g/mol. The van der Waals surface area contributed by atoms with Crippen molar-refractivity contribution in [1.82, 2.24) is 9.80 Å². The fourth-order valence-electron chi connectivity index (χ4n) is 1.37. The molecule has 74 valence electrons. The number of amides is 2. The van der Waals surface area contributed by atoms with Gasteiger partial charge in [0.1, 0.15) is 5.84 Å². The molecule has 1 aliphatic heterocycles. The molecule has 13 heavy (non-hydrogen) atoms. The van der Waals surface area contributed by atoms with Crippen molar-refractivity contribution < 1.29 is 4.79 Å². The highest BCUT2D eigenvalue weighted by molar-refractivity contribution is 5.79. The first-order valence-electron chi connectivity index (χ1n) is 4.19. The van der Waals surface area contributed by atoms with Crippen LogP contribution < -0.4 is 11.5 Å². The molecule has 0 bridgehead atoms. The Morgan fingerprint density at radius 3 is 2.15 bits per heavy atom. The van der Waals surface area contributed by atoms with E-state index in [0.29, 0.717) is 19.6 Å². The number of nitrogens with two attached hydrogens (primary N) is 2. The number of piperazine rings is 1. The van der Waals surface area contributed by atoms with E-state index in [4.69, 9.17) is 16.9 Å². The second-order valence-electron chi connectivity index (χ2n) is 3.13. The summed E-state index contributed by atoms with van der Waals surface area (Å²) in [7, 11) is 0. The SMILES string of the molecule is N=C(N)CN1CCN(C(N)=O)CC1. The summed E-state index contributed by atoms with van der Waals surface area (Å²) < 4.78 is 0. The highest BCUT2D eigenvalue weighted by Crippen LogP contribution is 1.99. The maximum Gasteiger partial charge on any atom is 0.314 e. The van der Waals surface area contributed by atoms with Gasteiger partial charge < -0.3 is 16.4 Å². The molecular formula is C7H15N5O. The smallest absolute Gasteiger partial charge is 0.314 e. The molecule has 0 atom stereocenters. The zero-order valence-corrected chi connectivity index (χ0v) is 7.49. The van der Waals surface area contributed by atoms with Gasteiger partial charge in [-0.05, 0) is 0 Å². The average molecular weight is 185 g/mol. The molecule has 0 saturated carbocycles. The van der Waals surface area contributed by atoms with E-state index in [9.17, 15) is 4.79 Å². The molecule has 6 nitrogen and oxygen atoms in total. The summed E-state index contributed by atoms with van der Waals surface area (Å²) in [6, 6.07) is -0.373. The molecule has 6 heteroatoms. The molecule has 0 aromatic heterocycles. The quantitative estimate of drug-likeness (QED) is 0.365. The topological polar surface area (TPSA) is 99.4 Å². The molecule has 0 aromatic rings. The van der Waals surface area contributed by atoms with Crippen LogP contribution in [-0.2, 0) is 0 Å². The molecule has 1 saturated heterocycles. The van der Waals surface area contributed by atoms with Gasteiger partial charge in [0.05, 0.1) is 6.54 Å². The summed E-state index contributed by atoms with van der Waals surface area (Å²) in [5.74, 6) is 0.160. The molecule has 5 N–H and O–H groups in total. The Kier molecular flexibility index (Phi) is 3.07. The second-order valence-corrected chi connectivity index (χ2v) is 3.13. The lowest BCUT2D eigenvalue weighted by Gasteiger charge is -2.33. The minimum absolute atomic E-state index is 0.160. The van der Waals surface area contributed by atoms with Crippen LogP contribution in [0.4, 0.5) is 4.79 Å². The number of carbonyl (C=O) groups excluding carboxylic acids is 1. The van der Waals surface area contributed by atoms with Crippen molar-refractivity contribution in [3.05, 3.63) is 0 Å². The van der Waals surface area contributed by atoms with Gasteiger partial charge in [-0.3, -0.25) is 10.3 Å². The van der Waals surface area contributed by atoms with E-state index in [1.165, 1.54) is 0 Å². The van der Waals surface area contributed by atoms with E-state index in [1.54, 1.807) is 4.90 Å². The first-order valence-corrected chi connectivity index (χ1v) is 4.19. The highest BCUT2D eigenvalue weighted by Gasteiger charge is 2.18. The van der Waals surface area contributed by atoms with Gasteiger partial charge >= 0.3 is 6.03 Å². The van der Waals surface area contributed by atoms with Gasteiger partial charge in [-0.25, -0.2) is 4.79 Å². The van der Waals surface area contributed by atoms with E-state index in [2.05, 4.69) is 0 Å². The summed E-state index contributed by atoms with van der Waals surface area (Å²) in [6.45, 7) is 3.21. The molecular weight excluding hydrogens is 170 g/mol. The van der Waals surface area contributed by atoms with E-state index in [-0.39, 0.29) is 11.9 Å².